The first-order valence-electron chi connectivity index (χ1n) is 8.84. The second-order valence-electron chi connectivity index (χ2n) is 6.64. The molecule has 0 spiro atoms. The minimum atomic E-state index is -4.52. The Balaban J connectivity index is 0.00000150. The molecule has 146 valence electrons. The molecule has 1 saturated heterocycles. The minimum Gasteiger partial charge on any atom is -0.370 e. The number of H-pyrrole nitrogens is 1. The van der Waals surface area contributed by atoms with Crippen LogP contribution in [0, 0.1) is 5.92 Å². The van der Waals surface area contributed by atoms with Crippen LogP contribution in [-0.2, 0) is 6.18 Å². The molecule has 6 nitrogen and oxygen atoms in total. The maximum absolute atomic E-state index is 13.5. The van der Waals surface area contributed by atoms with Gasteiger partial charge < -0.3 is 10.6 Å². The molecule has 0 bridgehead atoms. The van der Waals surface area contributed by atoms with Gasteiger partial charge in [0, 0.05) is 21.0 Å². The van der Waals surface area contributed by atoms with Crippen LogP contribution < -0.4 is 10.6 Å². The molecule has 0 amide bonds. The average Bonchev–Trinajstić information content (AvgIpc) is 3.10. The summed E-state index contributed by atoms with van der Waals surface area (Å²) in [5.74, 6) is 0.902. The molecule has 3 aromatic rings. The Morgan fingerprint density at radius 2 is 2.00 bits per heavy atom. The van der Waals surface area contributed by atoms with E-state index in [2.05, 4.69) is 30.8 Å². The van der Waals surface area contributed by atoms with E-state index in [1.165, 1.54) is 6.07 Å². The van der Waals surface area contributed by atoms with Crippen LogP contribution in [0.25, 0.3) is 22.4 Å². The Bertz CT molecular complexity index is 941. The summed E-state index contributed by atoms with van der Waals surface area (Å²) < 4.78 is 40.6. The number of anilines is 1. The Labute approximate surface area is 156 Å². The van der Waals surface area contributed by atoms with Gasteiger partial charge in [0.2, 0.25) is 0 Å². The van der Waals surface area contributed by atoms with Crippen molar-refractivity contribution < 1.29 is 16.0 Å². The van der Waals surface area contributed by atoms with E-state index in [9.17, 15) is 13.2 Å². The number of piperidine rings is 1. The number of hydrogen-bond donors (Lipinski definition) is 3. The summed E-state index contributed by atoms with van der Waals surface area (Å²) in [5, 5.41) is 13.6. The van der Waals surface area contributed by atoms with Crippen molar-refractivity contribution in [1.82, 2.24) is 25.5 Å². The van der Waals surface area contributed by atoms with Gasteiger partial charge in [-0.05, 0) is 56.1 Å². The molecule has 4 heterocycles. The van der Waals surface area contributed by atoms with Crippen molar-refractivity contribution in [3.8, 4) is 11.4 Å². The van der Waals surface area contributed by atoms with Crippen LogP contribution in [0.1, 0.15) is 21.3 Å². The Hall–Kier alpha value is -2.68. The van der Waals surface area contributed by atoms with Crippen molar-refractivity contribution in [2.24, 2.45) is 5.92 Å². The molecule has 0 radical (unpaired) electrons. The fourth-order valence-electron chi connectivity index (χ4n) is 3.34. The highest BCUT2D eigenvalue weighted by Crippen LogP contribution is 2.38. The van der Waals surface area contributed by atoms with Crippen LogP contribution in [-0.4, -0.2) is 39.8 Å². The molecule has 27 heavy (non-hydrogen) atoms. The number of nitrogens with one attached hydrogen (secondary N) is 3. The third-order valence-electron chi connectivity index (χ3n) is 4.80. The van der Waals surface area contributed by atoms with E-state index in [4.69, 9.17) is 0 Å². The summed E-state index contributed by atoms with van der Waals surface area (Å²) in [7, 11) is 0. The van der Waals surface area contributed by atoms with Crippen molar-refractivity contribution in [1.29, 1.82) is 0 Å². The smallest absolute Gasteiger partial charge is 0.370 e. The summed E-state index contributed by atoms with van der Waals surface area (Å²) in [5.41, 5.74) is -0.399. The largest absolute Gasteiger partial charge is 0.418 e. The van der Waals surface area contributed by atoms with Crippen LogP contribution >= 0.6 is 0 Å². The van der Waals surface area contributed by atoms with E-state index >= 15 is 0 Å². The predicted molar refractivity (Wildman–Crippen MR) is 100 cm³/mol. The van der Waals surface area contributed by atoms with Crippen LogP contribution in [0.3, 0.4) is 0 Å². The third-order valence-corrected chi connectivity index (χ3v) is 4.80. The number of pyridine rings is 2. The first-order chi connectivity index (χ1) is 13.0. The van der Waals surface area contributed by atoms with Crippen molar-refractivity contribution >= 4 is 16.9 Å². The molecule has 3 N–H and O–H groups in total. The summed E-state index contributed by atoms with van der Waals surface area (Å²) >= 11 is 0. The lowest BCUT2D eigenvalue weighted by molar-refractivity contribution is -0.137. The molecule has 0 atom stereocenters. The molecule has 1 aliphatic rings. The molecule has 1 aliphatic heterocycles. The zero-order chi connectivity index (χ0) is 18.9. The van der Waals surface area contributed by atoms with E-state index in [1.807, 2.05) is 0 Å². The molecular formula is C18H23F3N6. The molecule has 9 heteroatoms. The summed E-state index contributed by atoms with van der Waals surface area (Å²) in [6.45, 7) is 2.61. The average molecular weight is 380 g/mol. The Morgan fingerprint density at radius 3 is 2.78 bits per heavy atom. The molecule has 3 aromatic heterocycles. The van der Waals surface area contributed by atoms with Gasteiger partial charge in [-0.15, -0.1) is 0 Å². The van der Waals surface area contributed by atoms with Gasteiger partial charge in [0.1, 0.15) is 11.5 Å². The van der Waals surface area contributed by atoms with E-state index in [0.717, 1.165) is 32.0 Å². The van der Waals surface area contributed by atoms with E-state index in [-0.39, 0.29) is 14.2 Å². The van der Waals surface area contributed by atoms with Gasteiger partial charge in [0.25, 0.3) is 0 Å². The molecule has 0 aromatic carbocycles. The second kappa shape index (κ2) is 7.15. The number of aromatic nitrogens is 4. The second-order valence-corrected chi connectivity index (χ2v) is 6.64. The quantitative estimate of drug-likeness (QED) is 0.639. The number of hydrogen-bond acceptors (Lipinski definition) is 5. The summed E-state index contributed by atoms with van der Waals surface area (Å²) in [4.78, 5) is 8.34. The lowest BCUT2D eigenvalue weighted by Crippen LogP contribution is -2.31. The molecule has 4 rings (SSSR count). The normalized spacial score (nSPS) is 16.0. The maximum atomic E-state index is 13.5. The van der Waals surface area contributed by atoms with Crippen LogP contribution in [0.15, 0.2) is 30.5 Å². The zero-order valence-corrected chi connectivity index (χ0v) is 14.5. The number of fused-ring (bicyclic) bond motifs is 1. The van der Waals surface area contributed by atoms with Crippen molar-refractivity contribution in [3.05, 3.63) is 36.0 Å². The number of nitrogens with zero attached hydrogens (tertiary/aromatic N) is 3. The number of alkyl halides is 3. The Morgan fingerprint density at radius 1 is 1.19 bits per heavy atom. The molecule has 0 aliphatic carbocycles. The lowest BCUT2D eigenvalue weighted by Gasteiger charge is -2.23. The Kier molecular flexibility index (Phi) is 4.69. The van der Waals surface area contributed by atoms with E-state index in [1.54, 1.807) is 18.3 Å². The molecule has 0 saturated carbocycles. The first kappa shape index (κ1) is 17.7. The van der Waals surface area contributed by atoms with Crippen LogP contribution in [0.2, 0.25) is 0 Å². The van der Waals surface area contributed by atoms with Gasteiger partial charge in [-0.1, -0.05) is 0 Å². The standard InChI is InChI=1S/C18H19F3N6.2H2/c19-18(20,21)13-3-4-14(24-10-11-5-8-22-9-6-11)25-16(13)15-12-2-1-7-23-17(12)27-26-15;;/h1-4,7,11,22H,5-6,8-10H2,(H,24,25)(H,23,26,27);2*1H. The zero-order valence-electron chi connectivity index (χ0n) is 14.5. The third kappa shape index (κ3) is 3.73. The van der Waals surface area contributed by atoms with Gasteiger partial charge >= 0.3 is 6.18 Å². The van der Waals surface area contributed by atoms with Gasteiger partial charge in [-0.25, -0.2) is 9.97 Å². The fourth-order valence-corrected chi connectivity index (χ4v) is 3.34. The van der Waals surface area contributed by atoms with Crippen molar-refractivity contribution in [2.45, 2.75) is 19.0 Å². The molecule has 1 fully saturated rings. The van der Waals surface area contributed by atoms with Gasteiger partial charge in [0.05, 0.1) is 11.3 Å². The topological polar surface area (TPSA) is 78.5 Å². The lowest BCUT2D eigenvalue weighted by atomic mass is 9.98. The predicted octanol–water partition coefficient (Wildman–Crippen LogP) is 3.94. The molecule has 0 unspecified atom stereocenters. The maximum Gasteiger partial charge on any atom is 0.418 e. The van der Waals surface area contributed by atoms with Gasteiger partial charge in [0.15, 0.2) is 5.65 Å². The van der Waals surface area contributed by atoms with Gasteiger partial charge in [-0.2, -0.15) is 18.3 Å². The fraction of sp³-hybridized carbons (Fsp3) is 0.389. The highest BCUT2D eigenvalue weighted by molar-refractivity contribution is 5.90. The van der Waals surface area contributed by atoms with Crippen molar-refractivity contribution in [3.63, 3.8) is 0 Å². The van der Waals surface area contributed by atoms with Crippen molar-refractivity contribution in [2.75, 3.05) is 25.0 Å². The monoisotopic (exact) mass is 380 g/mol. The number of aromatic amines is 1. The van der Waals surface area contributed by atoms with Gasteiger partial charge in [-0.3, -0.25) is 5.10 Å². The van der Waals surface area contributed by atoms with E-state index < -0.39 is 11.7 Å². The van der Waals surface area contributed by atoms with Crippen LogP contribution in [0.4, 0.5) is 19.0 Å². The van der Waals surface area contributed by atoms with Crippen LogP contribution in [0.5, 0.6) is 0 Å². The minimum absolute atomic E-state index is 0. The summed E-state index contributed by atoms with van der Waals surface area (Å²) in [6, 6.07) is 5.78. The number of halogens is 3. The SMILES string of the molecule is FC(F)(F)c1ccc(NCC2CCNCC2)nc1-c1[nH]nc2ncccc12.[HH].[HH]. The van der Waals surface area contributed by atoms with E-state index in [0.29, 0.717) is 29.3 Å². The highest BCUT2D eigenvalue weighted by atomic mass is 19.4. The summed E-state index contributed by atoms with van der Waals surface area (Å²) in [6.07, 6.45) is -0.897. The number of rotatable bonds is 4. The first-order valence-corrected chi connectivity index (χ1v) is 8.84. The highest BCUT2D eigenvalue weighted by Gasteiger charge is 2.35. The molecular weight excluding hydrogens is 357 g/mol.